The van der Waals surface area contributed by atoms with Gasteiger partial charge in [0.1, 0.15) is 5.82 Å². The van der Waals surface area contributed by atoms with Crippen molar-refractivity contribution in [3.63, 3.8) is 0 Å². The van der Waals surface area contributed by atoms with Gasteiger partial charge in [-0.05, 0) is 37.2 Å². The molecule has 1 aliphatic heterocycles. The van der Waals surface area contributed by atoms with Crippen LogP contribution in [0.15, 0.2) is 29.1 Å². The summed E-state index contributed by atoms with van der Waals surface area (Å²) in [7, 11) is 0. The third-order valence-corrected chi connectivity index (χ3v) is 5.32. The summed E-state index contributed by atoms with van der Waals surface area (Å²) in [5.41, 5.74) is 5.03. The van der Waals surface area contributed by atoms with Crippen molar-refractivity contribution in [2.24, 2.45) is 0 Å². The van der Waals surface area contributed by atoms with Crippen molar-refractivity contribution < 1.29 is 4.39 Å². The first kappa shape index (κ1) is 17.3. The van der Waals surface area contributed by atoms with Crippen LogP contribution in [-0.2, 0) is 6.54 Å². The summed E-state index contributed by atoms with van der Waals surface area (Å²) in [5.74, 6) is -0.178. The highest BCUT2D eigenvalue weighted by molar-refractivity contribution is 7.07. The van der Waals surface area contributed by atoms with Gasteiger partial charge in [-0.1, -0.05) is 6.92 Å². The van der Waals surface area contributed by atoms with Gasteiger partial charge in [0, 0.05) is 49.8 Å². The van der Waals surface area contributed by atoms with E-state index in [9.17, 15) is 4.39 Å². The molecule has 0 spiro atoms. The molecule has 0 aliphatic carbocycles. The van der Waals surface area contributed by atoms with E-state index >= 15 is 0 Å². The predicted octanol–water partition coefficient (Wildman–Crippen LogP) is 3.27. The lowest BCUT2D eigenvalue weighted by Crippen LogP contribution is -2.46. The molecule has 1 atom stereocenters. The smallest absolute Gasteiger partial charge is 0.123 e. The number of benzene rings is 1. The van der Waals surface area contributed by atoms with Crippen LogP contribution >= 0.6 is 11.3 Å². The highest BCUT2D eigenvalue weighted by Gasteiger charge is 2.20. The topological polar surface area (TPSA) is 31.4 Å². The molecule has 1 aromatic carbocycles. The zero-order valence-electron chi connectivity index (χ0n) is 14.3. The zero-order valence-corrected chi connectivity index (χ0v) is 15.2. The third-order valence-electron chi connectivity index (χ3n) is 4.69. The van der Waals surface area contributed by atoms with E-state index in [1.807, 2.05) is 17.0 Å². The molecule has 2 heterocycles. The number of anilines is 1. The van der Waals surface area contributed by atoms with Crippen molar-refractivity contribution in [2.45, 2.75) is 26.4 Å². The van der Waals surface area contributed by atoms with Crippen LogP contribution in [0.2, 0.25) is 0 Å². The largest absolute Gasteiger partial charge is 0.369 e. The second-order valence-corrected chi connectivity index (χ2v) is 6.93. The number of likely N-dealkylation sites (N-methyl/N-ethyl adjacent to an activating group) is 1. The summed E-state index contributed by atoms with van der Waals surface area (Å²) in [4.78, 5) is 9.12. The number of nitrogens with one attached hydrogen (secondary N) is 1. The Labute approximate surface area is 147 Å². The van der Waals surface area contributed by atoms with Gasteiger partial charge in [-0.25, -0.2) is 9.37 Å². The molecule has 1 aliphatic rings. The summed E-state index contributed by atoms with van der Waals surface area (Å²) >= 11 is 1.59. The Hall–Kier alpha value is -1.50. The SMILES string of the molecule is CCN1CCN(c2ccc(F)cc2[C@@H](C)NCc2cscn2)CC1. The van der Waals surface area contributed by atoms with E-state index in [1.165, 1.54) is 0 Å². The average molecular weight is 348 g/mol. The van der Waals surface area contributed by atoms with Crippen LogP contribution in [0, 0.1) is 5.82 Å². The average Bonchev–Trinajstić information content (AvgIpc) is 3.13. The first-order valence-corrected chi connectivity index (χ1v) is 9.49. The van der Waals surface area contributed by atoms with Gasteiger partial charge in [0.05, 0.1) is 11.2 Å². The van der Waals surface area contributed by atoms with Crippen molar-refractivity contribution >= 4 is 17.0 Å². The minimum Gasteiger partial charge on any atom is -0.369 e. The molecular weight excluding hydrogens is 323 g/mol. The molecule has 0 unspecified atom stereocenters. The molecular formula is C18H25FN4S. The van der Waals surface area contributed by atoms with Crippen LogP contribution in [0.4, 0.5) is 10.1 Å². The van der Waals surface area contributed by atoms with Gasteiger partial charge >= 0.3 is 0 Å². The summed E-state index contributed by atoms with van der Waals surface area (Å²) in [6.07, 6.45) is 0. The normalized spacial score (nSPS) is 17.2. The Balaban J connectivity index is 1.73. The number of rotatable bonds is 6. The van der Waals surface area contributed by atoms with Crippen LogP contribution in [0.1, 0.15) is 31.1 Å². The van der Waals surface area contributed by atoms with Gasteiger partial charge in [-0.15, -0.1) is 11.3 Å². The molecule has 0 radical (unpaired) electrons. The summed E-state index contributed by atoms with van der Waals surface area (Å²) in [6, 6.07) is 5.23. The number of halogens is 1. The van der Waals surface area contributed by atoms with Crippen LogP contribution in [0.25, 0.3) is 0 Å². The molecule has 1 N–H and O–H groups in total. The molecule has 3 rings (SSSR count). The molecule has 0 amide bonds. The summed E-state index contributed by atoms with van der Waals surface area (Å²) in [6.45, 7) is 10.2. The van der Waals surface area contributed by atoms with E-state index in [1.54, 1.807) is 23.5 Å². The van der Waals surface area contributed by atoms with Gasteiger partial charge in [0.25, 0.3) is 0 Å². The van der Waals surface area contributed by atoms with Gasteiger partial charge in [0.15, 0.2) is 0 Å². The maximum absolute atomic E-state index is 13.8. The molecule has 1 fully saturated rings. The maximum atomic E-state index is 13.8. The lowest BCUT2D eigenvalue weighted by atomic mass is 10.0. The Morgan fingerprint density at radius 2 is 2.08 bits per heavy atom. The van der Waals surface area contributed by atoms with Gasteiger partial charge in [-0.3, -0.25) is 0 Å². The Morgan fingerprint density at radius 1 is 1.29 bits per heavy atom. The van der Waals surface area contributed by atoms with Crippen LogP contribution in [-0.4, -0.2) is 42.6 Å². The van der Waals surface area contributed by atoms with E-state index in [4.69, 9.17) is 0 Å². The molecule has 1 aromatic heterocycles. The van der Waals surface area contributed by atoms with Crippen LogP contribution < -0.4 is 10.2 Å². The lowest BCUT2D eigenvalue weighted by molar-refractivity contribution is 0.271. The standard InChI is InChI=1S/C18H25FN4S/c1-3-22-6-8-23(9-7-22)18-5-4-15(19)10-17(18)14(2)20-11-16-12-24-13-21-16/h4-5,10,12-14,20H,3,6-9,11H2,1-2H3/t14-/m1/s1. The second-order valence-electron chi connectivity index (χ2n) is 6.21. The zero-order chi connectivity index (χ0) is 16.9. The minimum absolute atomic E-state index is 0.0709. The van der Waals surface area contributed by atoms with Crippen molar-refractivity contribution in [2.75, 3.05) is 37.6 Å². The number of nitrogens with zero attached hydrogens (tertiary/aromatic N) is 3. The van der Waals surface area contributed by atoms with Gasteiger partial charge < -0.3 is 15.1 Å². The van der Waals surface area contributed by atoms with Gasteiger partial charge in [-0.2, -0.15) is 0 Å². The van der Waals surface area contributed by atoms with Crippen molar-refractivity contribution in [3.05, 3.63) is 46.2 Å². The van der Waals surface area contributed by atoms with E-state index < -0.39 is 0 Å². The molecule has 0 saturated carbocycles. The molecule has 24 heavy (non-hydrogen) atoms. The minimum atomic E-state index is -0.178. The highest BCUT2D eigenvalue weighted by Crippen LogP contribution is 2.28. The first-order chi connectivity index (χ1) is 11.7. The van der Waals surface area contributed by atoms with Crippen molar-refractivity contribution in [1.29, 1.82) is 0 Å². The summed E-state index contributed by atoms with van der Waals surface area (Å²) < 4.78 is 13.8. The molecule has 0 bridgehead atoms. The molecule has 130 valence electrons. The Morgan fingerprint density at radius 3 is 2.75 bits per heavy atom. The van der Waals surface area contributed by atoms with Crippen molar-refractivity contribution in [1.82, 2.24) is 15.2 Å². The quantitative estimate of drug-likeness (QED) is 0.868. The second kappa shape index (κ2) is 8.05. The molecule has 6 heteroatoms. The fourth-order valence-corrected chi connectivity index (χ4v) is 3.72. The first-order valence-electron chi connectivity index (χ1n) is 8.54. The number of hydrogen-bond donors (Lipinski definition) is 1. The highest BCUT2D eigenvalue weighted by atomic mass is 32.1. The van der Waals surface area contributed by atoms with E-state index in [0.717, 1.165) is 49.7 Å². The monoisotopic (exact) mass is 348 g/mol. The van der Waals surface area contributed by atoms with E-state index in [2.05, 4.69) is 33.9 Å². The fraction of sp³-hybridized carbons (Fsp3) is 0.500. The van der Waals surface area contributed by atoms with E-state index in [0.29, 0.717) is 6.54 Å². The summed E-state index contributed by atoms with van der Waals surface area (Å²) in [5, 5.41) is 5.51. The molecule has 2 aromatic rings. The van der Waals surface area contributed by atoms with Gasteiger partial charge in [0.2, 0.25) is 0 Å². The predicted molar refractivity (Wildman–Crippen MR) is 98.1 cm³/mol. The Bertz CT molecular complexity index is 638. The third kappa shape index (κ3) is 4.12. The fourth-order valence-electron chi connectivity index (χ4n) is 3.16. The maximum Gasteiger partial charge on any atom is 0.123 e. The number of piperazine rings is 1. The number of aromatic nitrogens is 1. The Kier molecular flexibility index (Phi) is 5.81. The number of thiazole rings is 1. The van der Waals surface area contributed by atoms with Crippen LogP contribution in [0.5, 0.6) is 0 Å². The van der Waals surface area contributed by atoms with Crippen LogP contribution in [0.3, 0.4) is 0 Å². The molecule has 4 nitrogen and oxygen atoms in total. The number of hydrogen-bond acceptors (Lipinski definition) is 5. The molecule has 1 saturated heterocycles. The van der Waals surface area contributed by atoms with E-state index in [-0.39, 0.29) is 11.9 Å². The lowest BCUT2D eigenvalue weighted by Gasteiger charge is -2.37. The van der Waals surface area contributed by atoms with Crippen molar-refractivity contribution in [3.8, 4) is 0 Å².